The van der Waals surface area contributed by atoms with Gasteiger partial charge in [-0.05, 0) is 30.5 Å². The molecule has 1 N–H and O–H groups in total. The van der Waals surface area contributed by atoms with Gasteiger partial charge < -0.3 is 0 Å². The van der Waals surface area contributed by atoms with Gasteiger partial charge in [0.1, 0.15) is 5.82 Å². The topological polar surface area (TPSA) is 57.7 Å². The molecule has 0 spiro atoms. The van der Waals surface area contributed by atoms with Crippen LogP contribution in [-0.4, -0.2) is 31.6 Å². The number of rotatable bonds is 4. The van der Waals surface area contributed by atoms with Crippen molar-refractivity contribution in [3.05, 3.63) is 64.3 Å². The monoisotopic (exact) mass is 365 g/mol. The number of benzene rings is 1. The SMILES string of the molecule is Clc1ccc(-c2[nH]ncc2CN2CCc3nc(C4CC4)ncc3C2)cc1. The summed E-state index contributed by atoms with van der Waals surface area (Å²) in [7, 11) is 0. The lowest BCUT2D eigenvalue weighted by atomic mass is 10.0. The molecule has 0 amide bonds. The lowest BCUT2D eigenvalue weighted by Crippen LogP contribution is -2.31. The summed E-state index contributed by atoms with van der Waals surface area (Å²) in [4.78, 5) is 11.8. The van der Waals surface area contributed by atoms with Crippen LogP contribution in [0.4, 0.5) is 0 Å². The molecule has 5 nitrogen and oxygen atoms in total. The van der Waals surface area contributed by atoms with Crippen LogP contribution >= 0.6 is 11.6 Å². The van der Waals surface area contributed by atoms with Gasteiger partial charge in [0.2, 0.25) is 0 Å². The average Bonchev–Trinajstić information content (AvgIpc) is 3.42. The second-order valence-corrected chi connectivity index (χ2v) is 7.65. The van der Waals surface area contributed by atoms with E-state index in [2.05, 4.69) is 20.1 Å². The molecule has 1 saturated carbocycles. The summed E-state index contributed by atoms with van der Waals surface area (Å²) >= 11 is 6.00. The Bertz CT molecular complexity index is 930. The van der Waals surface area contributed by atoms with Crippen molar-refractivity contribution in [2.45, 2.75) is 38.3 Å². The first kappa shape index (κ1) is 16.0. The van der Waals surface area contributed by atoms with Crippen molar-refractivity contribution in [1.29, 1.82) is 0 Å². The second-order valence-electron chi connectivity index (χ2n) is 7.21. The van der Waals surface area contributed by atoms with Crippen molar-refractivity contribution in [2.24, 2.45) is 0 Å². The zero-order chi connectivity index (χ0) is 17.5. The van der Waals surface area contributed by atoms with Crippen molar-refractivity contribution >= 4 is 11.6 Å². The molecule has 0 radical (unpaired) electrons. The summed E-state index contributed by atoms with van der Waals surface area (Å²) in [5, 5.41) is 8.14. The molecule has 0 saturated heterocycles. The van der Waals surface area contributed by atoms with E-state index in [1.807, 2.05) is 36.7 Å². The van der Waals surface area contributed by atoms with Crippen LogP contribution < -0.4 is 0 Å². The summed E-state index contributed by atoms with van der Waals surface area (Å²) in [5.74, 6) is 1.67. The smallest absolute Gasteiger partial charge is 0.131 e. The fraction of sp³-hybridized carbons (Fsp3) is 0.350. The van der Waals surface area contributed by atoms with Crippen molar-refractivity contribution in [3.63, 3.8) is 0 Å². The van der Waals surface area contributed by atoms with Crippen LogP contribution in [0.5, 0.6) is 0 Å². The molecule has 2 aromatic heterocycles. The number of hydrogen-bond acceptors (Lipinski definition) is 4. The molecule has 2 aliphatic rings. The molecular weight excluding hydrogens is 346 g/mol. The highest BCUT2D eigenvalue weighted by Crippen LogP contribution is 2.38. The lowest BCUT2D eigenvalue weighted by molar-refractivity contribution is 0.243. The summed E-state index contributed by atoms with van der Waals surface area (Å²) in [6.45, 7) is 2.77. The predicted octanol–water partition coefficient (Wildman–Crippen LogP) is 3.96. The fourth-order valence-electron chi connectivity index (χ4n) is 3.60. The summed E-state index contributed by atoms with van der Waals surface area (Å²) in [6.07, 6.45) is 7.45. The Morgan fingerprint density at radius 1 is 1.15 bits per heavy atom. The van der Waals surface area contributed by atoms with E-state index in [0.717, 1.165) is 48.2 Å². The van der Waals surface area contributed by atoms with Gasteiger partial charge in [-0.15, -0.1) is 0 Å². The zero-order valence-electron chi connectivity index (χ0n) is 14.5. The van der Waals surface area contributed by atoms with Crippen molar-refractivity contribution < 1.29 is 0 Å². The highest BCUT2D eigenvalue weighted by atomic mass is 35.5. The molecule has 1 aliphatic heterocycles. The minimum Gasteiger partial charge on any atom is -0.294 e. The Hall–Kier alpha value is -2.24. The van der Waals surface area contributed by atoms with E-state index in [1.165, 1.54) is 29.7 Å². The number of fused-ring (bicyclic) bond motifs is 1. The largest absolute Gasteiger partial charge is 0.294 e. The number of aromatic amines is 1. The Morgan fingerprint density at radius 2 is 2.00 bits per heavy atom. The summed E-state index contributed by atoms with van der Waals surface area (Å²) in [5.41, 5.74) is 5.87. The lowest BCUT2D eigenvalue weighted by Gasteiger charge is -2.28. The maximum Gasteiger partial charge on any atom is 0.131 e. The van der Waals surface area contributed by atoms with Gasteiger partial charge in [0.25, 0.3) is 0 Å². The van der Waals surface area contributed by atoms with Crippen LogP contribution in [0.2, 0.25) is 5.02 Å². The fourth-order valence-corrected chi connectivity index (χ4v) is 3.73. The molecule has 1 fully saturated rings. The first-order valence-electron chi connectivity index (χ1n) is 9.11. The van der Waals surface area contributed by atoms with Crippen molar-refractivity contribution in [1.82, 2.24) is 25.1 Å². The third-order valence-corrected chi connectivity index (χ3v) is 5.47. The van der Waals surface area contributed by atoms with Crippen LogP contribution in [-0.2, 0) is 19.5 Å². The van der Waals surface area contributed by atoms with E-state index in [1.54, 1.807) is 0 Å². The maximum atomic E-state index is 6.00. The molecule has 26 heavy (non-hydrogen) atoms. The summed E-state index contributed by atoms with van der Waals surface area (Å²) in [6, 6.07) is 7.87. The van der Waals surface area contributed by atoms with Gasteiger partial charge in [0, 0.05) is 60.0 Å². The zero-order valence-corrected chi connectivity index (χ0v) is 15.2. The van der Waals surface area contributed by atoms with Crippen molar-refractivity contribution in [3.8, 4) is 11.3 Å². The molecular formula is C20H20ClN5. The highest BCUT2D eigenvalue weighted by molar-refractivity contribution is 6.30. The van der Waals surface area contributed by atoms with Gasteiger partial charge in [0.15, 0.2) is 0 Å². The Morgan fingerprint density at radius 3 is 2.81 bits per heavy atom. The third-order valence-electron chi connectivity index (χ3n) is 5.22. The number of nitrogens with one attached hydrogen (secondary N) is 1. The van der Waals surface area contributed by atoms with Crippen LogP contribution in [0.3, 0.4) is 0 Å². The number of nitrogens with zero attached hydrogens (tertiary/aromatic N) is 4. The first-order chi connectivity index (χ1) is 12.8. The number of hydrogen-bond donors (Lipinski definition) is 1. The maximum absolute atomic E-state index is 6.00. The van der Waals surface area contributed by atoms with Crippen LogP contribution in [0.15, 0.2) is 36.7 Å². The van der Waals surface area contributed by atoms with E-state index < -0.39 is 0 Å². The van der Waals surface area contributed by atoms with E-state index in [0.29, 0.717) is 5.92 Å². The Kier molecular flexibility index (Phi) is 3.98. The van der Waals surface area contributed by atoms with E-state index in [-0.39, 0.29) is 0 Å². The Balaban J connectivity index is 1.33. The molecule has 0 atom stereocenters. The normalized spacial score (nSPS) is 17.3. The first-order valence-corrected chi connectivity index (χ1v) is 9.49. The van der Waals surface area contributed by atoms with Gasteiger partial charge in [-0.3, -0.25) is 10.00 Å². The van der Waals surface area contributed by atoms with Gasteiger partial charge in [-0.25, -0.2) is 9.97 Å². The number of aromatic nitrogens is 4. The number of halogens is 1. The minimum atomic E-state index is 0.617. The van der Waals surface area contributed by atoms with Gasteiger partial charge >= 0.3 is 0 Å². The molecule has 3 heterocycles. The third kappa shape index (κ3) is 3.13. The molecule has 1 aromatic carbocycles. The second kappa shape index (κ2) is 6.49. The van der Waals surface area contributed by atoms with E-state index in [9.17, 15) is 0 Å². The van der Waals surface area contributed by atoms with Crippen molar-refractivity contribution in [2.75, 3.05) is 6.54 Å². The molecule has 132 valence electrons. The van der Waals surface area contributed by atoms with E-state index in [4.69, 9.17) is 16.6 Å². The van der Waals surface area contributed by atoms with Crippen LogP contribution in [0, 0.1) is 0 Å². The predicted molar refractivity (Wildman–Crippen MR) is 101 cm³/mol. The average molecular weight is 366 g/mol. The molecule has 0 bridgehead atoms. The number of H-pyrrole nitrogens is 1. The van der Waals surface area contributed by atoms with Gasteiger partial charge in [0.05, 0.1) is 11.9 Å². The van der Waals surface area contributed by atoms with E-state index >= 15 is 0 Å². The molecule has 5 rings (SSSR count). The van der Waals surface area contributed by atoms with Crippen LogP contribution in [0.1, 0.15) is 41.4 Å². The van der Waals surface area contributed by atoms with Gasteiger partial charge in [-0.2, -0.15) is 5.10 Å². The molecule has 1 aliphatic carbocycles. The Labute approximate surface area is 157 Å². The standard InChI is InChI=1S/C20H20ClN5/c21-17-5-3-13(4-6-17)19-16(10-23-25-19)12-26-8-7-18-15(11-26)9-22-20(24-18)14-1-2-14/h3-6,9-10,14H,1-2,7-8,11-12H2,(H,23,25). The highest BCUT2D eigenvalue weighted by Gasteiger charge is 2.28. The van der Waals surface area contributed by atoms with Gasteiger partial charge in [-0.1, -0.05) is 23.7 Å². The molecule has 0 unspecified atom stereocenters. The summed E-state index contributed by atoms with van der Waals surface area (Å²) < 4.78 is 0. The quantitative estimate of drug-likeness (QED) is 0.760. The minimum absolute atomic E-state index is 0.617. The van der Waals surface area contributed by atoms with Crippen LogP contribution in [0.25, 0.3) is 11.3 Å². The molecule has 6 heteroatoms. The molecule has 3 aromatic rings.